The average molecular weight is 335 g/mol. The van der Waals surface area contributed by atoms with Crippen molar-refractivity contribution in [3.8, 4) is 5.75 Å². The first-order chi connectivity index (χ1) is 9.70. The minimum absolute atomic E-state index is 0.161. The number of aromatic hydroxyl groups is 1. The Labute approximate surface area is 128 Å². The van der Waals surface area contributed by atoms with Crippen molar-refractivity contribution in [2.24, 2.45) is 0 Å². The number of halogens is 1. The second-order valence-corrected chi connectivity index (χ2v) is 5.64. The van der Waals surface area contributed by atoms with Crippen molar-refractivity contribution in [1.29, 1.82) is 0 Å². The molecule has 1 aromatic carbocycles. The van der Waals surface area contributed by atoms with Gasteiger partial charge < -0.3 is 10.4 Å². The fourth-order valence-corrected chi connectivity index (χ4v) is 2.60. The van der Waals surface area contributed by atoms with Crippen LogP contribution in [-0.2, 0) is 6.42 Å². The Morgan fingerprint density at radius 2 is 2.00 bits per heavy atom. The van der Waals surface area contributed by atoms with Gasteiger partial charge in [0, 0.05) is 28.5 Å². The number of phenolic OH excluding ortho intramolecular Hbond substituents is 1. The third-order valence-corrected chi connectivity index (χ3v) is 3.82. The van der Waals surface area contributed by atoms with Crippen molar-refractivity contribution < 1.29 is 5.11 Å². The molecule has 1 aromatic heterocycles. The van der Waals surface area contributed by atoms with Gasteiger partial charge >= 0.3 is 0 Å². The molecule has 0 aliphatic carbocycles. The number of phenols is 1. The summed E-state index contributed by atoms with van der Waals surface area (Å²) in [4.78, 5) is 4.01. The van der Waals surface area contributed by atoms with Crippen molar-refractivity contribution in [3.63, 3.8) is 0 Å². The lowest BCUT2D eigenvalue weighted by atomic mass is 10.0. The summed E-state index contributed by atoms with van der Waals surface area (Å²) < 4.78 is 0.986. The van der Waals surface area contributed by atoms with Crippen molar-refractivity contribution in [2.45, 2.75) is 25.8 Å². The minimum Gasteiger partial charge on any atom is -0.508 e. The molecule has 3 nitrogen and oxygen atoms in total. The minimum atomic E-state index is 0.161. The molecule has 0 amide bonds. The largest absolute Gasteiger partial charge is 0.508 e. The highest BCUT2D eigenvalue weighted by Gasteiger charge is 2.13. The van der Waals surface area contributed by atoms with E-state index in [1.807, 2.05) is 36.7 Å². The summed E-state index contributed by atoms with van der Waals surface area (Å²) in [6.45, 7) is 2.99. The summed E-state index contributed by atoms with van der Waals surface area (Å²) in [5.41, 5.74) is 2.21. The molecule has 0 bridgehead atoms. The van der Waals surface area contributed by atoms with Gasteiger partial charge in [0.2, 0.25) is 0 Å². The molecule has 0 aliphatic heterocycles. The van der Waals surface area contributed by atoms with Gasteiger partial charge in [-0.05, 0) is 55.3 Å². The Hall–Kier alpha value is -1.39. The standard InChI is InChI=1S/C16H19BrN2O/c1-2-15(14-11-13(17)3-4-16(14)20)19-10-7-12-5-8-18-9-6-12/h3-6,8-9,11,15,19-20H,2,7,10H2,1H3. The van der Waals surface area contributed by atoms with Crippen LogP contribution in [0.25, 0.3) is 0 Å². The number of rotatable bonds is 6. The quantitative estimate of drug-likeness (QED) is 0.843. The van der Waals surface area contributed by atoms with Gasteiger partial charge in [-0.25, -0.2) is 0 Å². The van der Waals surface area contributed by atoms with Gasteiger partial charge in [0.15, 0.2) is 0 Å². The van der Waals surface area contributed by atoms with Gasteiger partial charge in [-0.15, -0.1) is 0 Å². The first-order valence-corrected chi connectivity index (χ1v) is 7.60. The molecule has 2 N–H and O–H groups in total. The smallest absolute Gasteiger partial charge is 0.120 e. The number of benzene rings is 1. The first kappa shape index (κ1) is 15.0. The predicted octanol–water partition coefficient (Wildman–Crippen LogP) is 3.83. The van der Waals surface area contributed by atoms with Crippen LogP contribution in [-0.4, -0.2) is 16.6 Å². The highest BCUT2D eigenvalue weighted by Crippen LogP contribution is 2.29. The third kappa shape index (κ3) is 4.05. The molecular formula is C16H19BrN2O. The lowest BCUT2D eigenvalue weighted by molar-refractivity contribution is 0.442. The van der Waals surface area contributed by atoms with E-state index < -0.39 is 0 Å². The Balaban J connectivity index is 1.97. The summed E-state index contributed by atoms with van der Waals surface area (Å²) in [5, 5.41) is 13.5. The molecule has 20 heavy (non-hydrogen) atoms. The van der Waals surface area contributed by atoms with Crippen molar-refractivity contribution in [3.05, 3.63) is 58.3 Å². The lowest BCUT2D eigenvalue weighted by Crippen LogP contribution is -2.23. The highest BCUT2D eigenvalue weighted by molar-refractivity contribution is 9.10. The normalized spacial score (nSPS) is 12.3. The fourth-order valence-electron chi connectivity index (χ4n) is 2.22. The monoisotopic (exact) mass is 334 g/mol. The van der Waals surface area contributed by atoms with Crippen LogP contribution in [0.1, 0.15) is 30.5 Å². The summed E-state index contributed by atoms with van der Waals surface area (Å²) in [6, 6.07) is 9.77. The summed E-state index contributed by atoms with van der Waals surface area (Å²) in [5.74, 6) is 0.344. The van der Waals surface area contributed by atoms with Crippen LogP contribution in [0.15, 0.2) is 47.2 Å². The van der Waals surface area contributed by atoms with E-state index in [0.29, 0.717) is 5.75 Å². The van der Waals surface area contributed by atoms with Crippen molar-refractivity contribution >= 4 is 15.9 Å². The van der Waals surface area contributed by atoms with Crippen molar-refractivity contribution in [2.75, 3.05) is 6.54 Å². The van der Waals surface area contributed by atoms with E-state index in [9.17, 15) is 5.11 Å². The Morgan fingerprint density at radius 1 is 1.25 bits per heavy atom. The molecule has 1 atom stereocenters. The molecule has 0 saturated heterocycles. The van der Waals surface area contributed by atoms with E-state index in [2.05, 4.69) is 33.2 Å². The van der Waals surface area contributed by atoms with E-state index in [4.69, 9.17) is 0 Å². The van der Waals surface area contributed by atoms with E-state index in [1.165, 1.54) is 5.56 Å². The Morgan fingerprint density at radius 3 is 2.70 bits per heavy atom. The van der Waals surface area contributed by atoms with Crippen LogP contribution in [0.5, 0.6) is 5.75 Å². The van der Waals surface area contributed by atoms with Crippen LogP contribution in [0, 0.1) is 0 Å². The molecule has 0 radical (unpaired) electrons. The zero-order chi connectivity index (χ0) is 14.4. The second kappa shape index (κ2) is 7.41. The Bertz CT molecular complexity index is 545. The molecule has 0 spiro atoms. The van der Waals surface area contributed by atoms with Gasteiger partial charge in [-0.1, -0.05) is 22.9 Å². The average Bonchev–Trinajstić information content (AvgIpc) is 2.48. The molecule has 4 heteroatoms. The molecule has 1 unspecified atom stereocenters. The first-order valence-electron chi connectivity index (χ1n) is 6.81. The molecule has 0 saturated carbocycles. The van der Waals surface area contributed by atoms with E-state index in [-0.39, 0.29) is 6.04 Å². The second-order valence-electron chi connectivity index (χ2n) is 4.72. The fraction of sp³-hybridized carbons (Fsp3) is 0.312. The van der Waals surface area contributed by atoms with Gasteiger partial charge in [0.05, 0.1) is 0 Å². The number of nitrogens with one attached hydrogen (secondary N) is 1. The van der Waals surface area contributed by atoms with E-state index in [1.54, 1.807) is 6.07 Å². The predicted molar refractivity (Wildman–Crippen MR) is 84.8 cm³/mol. The number of hydrogen-bond donors (Lipinski definition) is 2. The molecule has 0 fully saturated rings. The van der Waals surface area contributed by atoms with Crippen LogP contribution >= 0.6 is 15.9 Å². The lowest BCUT2D eigenvalue weighted by Gasteiger charge is -2.19. The number of aromatic nitrogens is 1. The summed E-state index contributed by atoms with van der Waals surface area (Å²) >= 11 is 3.45. The molecule has 106 valence electrons. The Kier molecular flexibility index (Phi) is 5.56. The van der Waals surface area contributed by atoms with Gasteiger partial charge in [0.25, 0.3) is 0 Å². The van der Waals surface area contributed by atoms with Crippen LogP contribution in [0.3, 0.4) is 0 Å². The number of pyridine rings is 1. The molecule has 2 rings (SSSR count). The van der Waals surface area contributed by atoms with Crippen LogP contribution in [0.4, 0.5) is 0 Å². The van der Waals surface area contributed by atoms with Gasteiger partial charge in [-0.2, -0.15) is 0 Å². The third-order valence-electron chi connectivity index (χ3n) is 3.33. The van der Waals surface area contributed by atoms with Crippen LogP contribution in [0.2, 0.25) is 0 Å². The maximum absolute atomic E-state index is 9.98. The maximum atomic E-state index is 9.98. The van der Waals surface area contributed by atoms with Crippen molar-refractivity contribution in [1.82, 2.24) is 10.3 Å². The molecule has 2 aromatic rings. The SMILES string of the molecule is CCC(NCCc1ccncc1)c1cc(Br)ccc1O. The maximum Gasteiger partial charge on any atom is 0.120 e. The number of nitrogens with zero attached hydrogens (tertiary/aromatic N) is 1. The van der Waals surface area contributed by atoms with Crippen LogP contribution < -0.4 is 5.32 Å². The van der Waals surface area contributed by atoms with E-state index in [0.717, 1.165) is 29.4 Å². The summed E-state index contributed by atoms with van der Waals surface area (Å²) in [6.07, 6.45) is 5.51. The van der Waals surface area contributed by atoms with Gasteiger partial charge in [0.1, 0.15) is 5.75 Å². The van der Waals surface area contributed by atoms with Gasteiger partial charge in [-0.3, -0.25) is 4.98 Å². The number of hydrogen-bond acceptors (Lipinski definition) is 3. The highest BCUT2D eigenvalue weighted by atomic mass is 79.9. The summed E-state index contributed by atoms with van der Waals surface area (Å²) in [7, 11) is 0. The molecule has 0 aliphatic rings. The molecular weight excluding hydrogens is 316 g/mol. The van der Waals surface area contributed by atoms with E-state index >= 15 is 0 Å². The zero-order valence-corrected chi connectivity index (χ0v) is 13.1. The topological polar surface area (TPSA) is 45.2 Å². The zero-order valence-electron chi connectivity index (χ0n) is 11.5. The molecule has 1 heterocycles.